The third-order valence-corrected chi connectivity index (χ3v) is 8.33. The van der Waals surface area contributed by atoms with Crippen LogP contribution >= 0.6 is 0 Å². The highest BCUT2D eigenvalue weighted by Crippen LogP contribution is 2.51. The van der Waals surface area contributed by atoms with Crippen LogP contribution in [-0.2, 0) is 0 Å². The van der Waals surface area contributed by atoms with Crippen molar-refractivity contribution in [3.05, 3.63) is 122 Å². The molecule has 38 heavy (non-hydrogen) atoms. The number of hydrogen-bond donors (Lipinski definition) is 0. The predicted molar refractivity (Wildman–Crippen MR) is 159 cm³/mol. The van der Waals surface area contributed by atoms with Gasteiger partial charge in [-0.05, 0) is 101 Å². The Morgan fingerprint density at radius 1 is 0.342 bits per heavy atom. The van der Waals surface area contributed by atoms with E-state index in [4.69, 9.17) is 0 Å². The van der Waals surface area contributed by atoms with Crippen molar-refractivity contribution in [1.29, 1.82) is 0 Å². The predicted octanol–water partition coefficient (Wildman–Crippen LogP) is 9.56. The number of pyridine rings is 2. The molecular formula is C36H20N2. The van der Waals surface area contributed by atoms with Crippen LogP contribution in [0.2, 0.25) is 0 Å². The van der Waals surface area contributed by atoms with Gasteiger partial charge >= 0.3 is 0 Å². The molecule has 0 N–H and O–H groups in total. The van der Waals surface area contributed by atoms with Crippen LogP contribution in [0.25, 0.3) is 87.2 Å². The van der Waals surface area contributed by atoms with Gasteiger partial charge in [-0.15, -0.1) is 0 Å². The van der Waals surface area contributed by atoms with Crippen molar-refractivity contribution in [3.8, 4) is 33.4 Å². The van der Waals surface area contributed by atoms with Gasteiger partial charge in [0.25, 0.3) is 0 Å². The van der Waals surface area contributed by atoms with Crippen LogP contribution in [-0.4, -0.2) is 9.97 Å². The molecule has 1 aliphatic rings. The van der Waals surface area contributed by atoms with E-state index in [1.807, 2.05) is 24.8 Å². The summed E-state index contributed by atoms with van der Waals surface area (Å²) >= 11 is 0. The van der Waals surface area contributed by atoms with Crippen LogP contribution in [0, 0.1) is 0 Å². The van der Waals surface area contributed by atoms with Gasteiger partial charge in [-0.1, -0.05) is 72.8 Å². The molecule has 0 radical (unpaired) electrons. The van der Waals surface area contributed by atoms with Crippen molar-refractivity contribution in [2.45, 2.75) is 0 Å². The van der Waals surface area contributed by atoms with E-state index in [2.05, 4.69) is 107 Å². The van der Waals surface area contributed by atoms with Crippen LogP contribution in [0.1, 0.15) is 0 Å². The first-order valence-corrected chi connectivity index (χ1v) is 13.0. The Morgan fingerprint density at radius 3 is 1.34 bits per heavy atom. The highest BCUT2D eigenvalue weighted by atomic mass is 14.6. The summed E-state index contributed by atoms with van der Waals surface area (Å²) in [5.41, 5.74) is 7.70. The Bertz CT molecular complexity index is 2140. The van der Waals surface area contributed by atoms with E-state index < -0.39 is 0 Å². The van der Waals surface area contributed by atoms with E-state index in [9.17, 15) is 0 Å². The molecule has 0 bridgehead atoms. The number of hydrogen-bond acceptors (Lipinski definition) is 2. The van der Waals surface area contributed by atoms with Gasteiger partial charge in [-0.3, -0.25) is 9.97 Å². The van der Waals surface area contributed by atoms with Gasteiger partial charge in [-0.2, -0.15) is 0 Å². The van der Waals surface area contributed by atoms with Gasteiger partial charge in [0.2, 0.25) is 0 Å². The monoisotopic (exact) mass is 480 g/mol. The molecule has 2 heteroatoms. The van der Waals surface area contributed by atoms with Crippen LogP contribution in [0.4, 0.5) is 0 Å². The molecule has 0 fully saturated rings. The van der Waals surface area contributed by atoms with E-state index in [0.717, 1.165) is 0 Å². The topological polar surface area (TPSA) is 25.8 Å². The maximum atomic E-state index is 4.28. The zero-order chi connectivity index (χ0) is 24.8. The molecule has 1 aliphatic carbocycles. The van der Waals surface area contributed by atoms with E-state index in [-0.39, 0.29) is 0 Å². The summed E-state index contributed by atoms with van der Waals surface area (Å²) in [5, 5.41) is 12.8. The quantitative estimate of drug-likeness (QED) is 0.230. The molecule has 0 unspecified atom stereocenters. The highest BCUT2D eigenvalue weighted by molar-refractivity contribution is 6.35. The Morgan fingerprint density at radius 2 is 0.816 bits per heavy atom. The Labute approximate surface area is 218 Å². The normalized spacial score (nSPS) is 12.2. The van der Waals surface area contributed by atoms with E-state index >= 15 is 0 Å². The van der Waals surface area contributed by atoms with E-state index in [0.29, 0.717) is 0 Å². The van der Waals surface area contributed by atoms with Crippen molar-refractivity contribution < 1.29 is 0 Å². The first kappa shape index (κ1) is 20.0. The molecule has 9 rings (SSSR count). The molecule has 0 aliphatic heterocycles. The lowest BCUT2D eigenvalue weighted by atomic mass is 9.92. The van der Waals surface area contributed by atoms with Gasteiger partial charge < -0.3 is 0 Å². The molecule has 2 aromatic heterocycles. The largest absolute Gasteiger partial charge is 0.264 e. The maximum Gasteiger partial charge on any atom is 0.0346 e. The van der Waals surface area contributed by atoms with Crippen LogP contribution in [0.15, 0.2) is 122 Å². The standard InChI is InChI=1S/C36H20N2/c1-3-26-19-37-15-13-22(26)17-24(1)28-9-11-32-33-12-10-29(25-2-4-27-20-38-16-14-23(27)18-25)31-8-6-21-5-7-30(28)35(32)34(21)36(31)33/h1-20H. The average Bonchev–Trinajstić information content (AvgIpc) is 3.33. The lowest BCUT2D eigenvalue weighted by Crippen LogP contribution is -1.84. The zero-order valence-electron chi connectivity index (χ0n) is 20.4. The molecule has 6 aromatic carbocycles. The molecular weight excluding hydrogens is 460 g/mol. The van der Waals surface area contributed by atoms with E-state index in [1.54, 1.807) is 0 Å². The molecule has 2 heterocycles. The van der Waals surface area contributed by atoms with Crippen LogP contribution in [0.5, 0.6) is 0 Å². The summed E-state index contributed by atoms with van der Waals surface area (Å²) in [6.45, 7) is 0. The number of benzene rings is 6. The Hall–Kier alpha value is -5.08. The molecule has 0 saturated carbocycles. The van der Waals surface area contributed by atoms with Crippen LogP contribution in [0.3, 0.4) is 0 Å². The van der Waals surface area contributed by atoms with Crippen LogP contribution < -0.4 is 0 Å². The number of rotatable bonds is 2. The van der Waals surface area contributed by atoms with Gasteiger partial charge in [0.05, 0.1) is 0 Å². The molecule has 0 spiro atoms. The minimum atomic E-state index is 1.17. The minimum absolute atomic E-state index is 1.17. The van der Waals surface area contributed by atoms with E-state index in [1.165, 1.54) is 87.2 Å². The third kappa shape index (κ3) is 2.61. The molecule has 0 atom stereocenters. The van der Waals surface area contributed by atoms with Crippen molar-refractivity contribution in [1.82, 2.24) is 9.97 Å². The average molecular weight is 481 g/mol. The summed E-state index contributed by atoms with van der Waals surface area (Å²) in [6.07, 6.45) is 7.59. The maximum absolute atomic E-state index is 4.28. The second-order valence-corrected chi connectivity index (χ2v) is 10.3. The molecule has 2 nitrogen and oxygen atoms in total. The lowest BCUT2D eigenvalue weighted by molar-refractivity contribution is 1.36. The Balaban J connectivity index is 1.33. The first-order chi connectivity index (χ1) is 18.8. The summed E-state index contributed by atoms with van der Waals surface area (Å²) < 4.78 is 0. The summed E-state index contributed by atoms with van der Waals surface area (Å²) in [7, 11) is 0. The summed E-state index contributed by atoms with van der Waals surface area (Å²) in [6, 6.07) is 36.0. The number of aromatic nitrogens is 2. The molecule has 174 valence electrons. The number of fused-ring (bicyclic) bond motifs is 3. The summed E-state index contributed by atoms with van der Waals surface area (Å²) in [4.78, 5) is 8.56. The molecule has 0 saturated heterocycles. The van der Waals surface area contributed by atoms with Gasteiger partial charge in [0.1, 0.15) is 0 Å². The molecule has 8 aromatic rings. The second-order valence-electron chi connectivity index (χ2n) is 10.3. The number of nitrogens with zero attached hydrogens (tertiary/aromatic N) is 2. The van der Waals surface area contributed by atoms with Gasteiger partial charge in [0.15, 0.2) is 0 Å². The fourth-order valence-corrected chi connectivity index (χ4v) is 6.56. The van der Waals surface area contributed by atoms with Gasteiger partial charge in [-0.25, -0.2) is 0 Å². The fraction of sp³-hybridized carbons (Fsp3) is 0. The lowest BCUT2D eigenvalue weighted by Gasteiger charge is -2.11. The van der Waals surface area contributed by atoms with Crippen molar-refractivity contribution >= 4 is 53.9 Å². The first-order valence-electron chi connectivity index (χ1n) is 13.0. The van der Waals surface area contributed by atoms with Crippen molar-refractivity contribution in [3.63, 3.8) is 0 Å². The second kappa shape index (κ2) is 7.24. The minimum Gasteiger partial charge on any atom is -0.264 e. The Kier molecular flexibility index (Phi) is 3.82. The van der Waals surface area contributed by atoms with Gasteiger partial charge in [0, 0.05) is 35.6 Å². The molecule has 0 amide bonds. The fourth-order valence-electron chi connectivity index (χ4n) is 6.56. The third-order valence-electron chi connectivity index (χ3n) is 8.33. The van der Waals surface area contributed by atoms with Crippen molar-refractivity contribution in [2.75, 3.05) is 0 Å². The summed E-state index contributed by atoms with van der Waals surface area (Å²) in [5.74, 6) is 0. The van der Waals surface area contributed by atoms with Crippen molar-refractivity contribution in [2.24, 2.45) is 0 Å². The zero-order valence-corrected chi connectivity index (χ0v) is 20.4. The SMILES string of the molecule is c1cc2cc(-c3ccc4c5c3ccc3ccc6c(-c7ccc8cnccc8c7)ccc-4c6c35)ccc2cn1. The highest BCUT2D eigenvalue weighted by Gasteiger charge is 2.23. The smallest absolute Gasteiger partial charge is 0.0346 e.